The van der Waals surface area contributed by atoms with Gasteiger partial charge in [0.25, 0.3) is 0 Å². The van der Waals surface area contributed by atoms with Crippen LogP contribution in [0.25, 0.3) is 0 Å². The SMILES string of the molecule is CCOC(=O)/C=C/CN(C)CCOCCOCCOCCOCCON(C)C(=O)OC(C)(C)C. The predicted molar refractivity (Wildman–Crippen MR) is 126 cm³/mol. The van der Waals surface area contributed by atoms with E-state index in [1.807, 2.05) is 11.9 Å². The first-order chi connectivity index (χ1) is 16.2. The number of amides is 1. The molecule has 0 atom stereocenters. The molecule has 0 bridgehead atoms. The van der Waals surface area contributed by atoms with E-state index in [-0.39, 0.29) is 12.6 Å². The minimum Gasteiger partial charge on any atom is -0.463 e. The predicted octanol–water partition coefficient (Wildman–Crippen LogP) is 1.90. The monoisotopic (exact) mass is 492 g/mol. The van der Waals surface area contributed by atoms with E-state index in [9.17, 15) is 9.59 Å². The first-order valence-corrected chi connectivity index (χ1v) is 11.6. The fourth-order valence-electron chi connectivity index (χ4n) is 2.20. The summed E-state index contributed by atoms with van der Waals surface area (Å²) >= 11 is 0. The van der Waals surface area contributed by atoms with Crippen LogP contribution in [0.15, 0.2) is 12.2 Å². The van der Waals surface area contributed by atoms with Crippen LogP contribution in [-0.2, 0) is 38.1 Å². The number of esters is 1. The molecule has 11 nitrogen and oxygen atoms in total. The Hall–Kier alpha value is -1.76. The highest BCUT2D eigenvalue weighted by Gasteiger charge is 2.19. The van der Waals surface area contributed by atoms with Gasteiger partial charge in [-0.15, -0.1) is 0 Å². The van der Waals surface area contributed by atoms with Gasteiger partial charge in [0.15, 0.2) is 0 Å². The van der Waals surface area contributed by atoms with Crippen LogP contribution in [0.2, 0.25) is 0 Å². The Morgan fingerprint density at radius 3 is 1.79 bits per heavy atom. The molecule has 0 unspecified atom stereocenters. The van der Waals surface area contributed by atoms with Crippen LogP contribution >= 0.6 is 0 Å². The molecule has 1 amide bonds. The average Bonchev–Trinajstić information content (AvgIpc) is 2.75. The largest absolute Gasteiger partial charge is 0.463 e. The summed E-state index contributed by atoms with van der Waals surface area (Å²) in [6.45, 7) is 12.9. The molecule has 0 aliphatic carbocycles. The van der Waals surface area contributed by atoms with E-state index in [0.29, 0.717) is 66.0 Å². The summed E-state index contributed by atoms with van der Waals surface area (Å²) in [6.07, 6.45) is 2.66. The zero-order valence-corrected chi connectivity index (χ0v) is 21.7. The van der Waals surface area contributed by atoms with E-state index < -0.39 is 11.7 Å². The Balaban J connectivity index is 3.38. The number of rotatable bonds is 20. The van der Waals surface area contributed by atoms with Crippen molar-refractivity contribution in [1.82, 2.24) is 9.96 Å². The van der Waals surface area contributed by atoms with Gasteiger partial charge in [0.1, 0.15) is 5.60 Å². The van der Waals surface area contributed by atoms with Crippen molar-refractivity contribution >= 4 is 12.1 Å². The summed E-state index contributed by atoms with van der Waals surface area (Å²) in [5.41, 5.74) is -0.567. The molecule has 0 aromatic heterocycles. The molecule has 0 rings (SSSR count). The maximum atomic E-state index is 11.7. The quantitative estimate of drug-likeness (QED) is 0.108. The van der Waals surface area contributed by atoms with Gasteiger partial charge in [-0.1, -0.05) is 6.08 Å². The van der Waals surface area contributed by atoms with Crippen LogP contribution in [-0.4, -0.2) is 121 Å². The molecule has 0 saturated carbocycles. The lowest BCUT2D eigenvalue weighted by molar-refractivity contribution is -0.143. The van der Waals surface area contributed by atoms with Crippen molar-refractivity contribution in [3.8, 4) is 0 Å². The van der Waals surface area contributed by atoms with Crippen LogP contribution in [0.1, 0.15) is 27.7 Å². The summed E-state index contributed by atoms with van der Waals surface area (Å²) in [6, 6.07) is 0. The van der Waals surface area contributed by atoms with Crippen LogP contribution in [0.3, 0.4) is 0 Å². The maximum Gasteiger partial charge on any atom is 0.434 e. The van der Waals surface area contributed by atoms with Crippen molar-refractivity contribution in [2.75, 3.05) is 93.3 Å². The number of carbonyl (C=O) groups excluding carboxylic acids is 2. The third kappa shape index (κ3) is 22.1. The van der Waals surface area contributed by atoms with Crippen molar-refractivity contribution in [2.24, 2.45) is 0 Å². The molecular formula is C23H44N2O9. The number of likely N-dealkylation sites (N-methyl/N-ethyl adjacent to an activating group) is 1. The maximum absolute atomic E-state index is 11.7. The van der Waals surface area contributed by atoms with Crippen molar-refractivity contribution in [2.45, 2.75) is 33.3 Å². The van der Waals surface area contributed by atoms with E-state index in [1.54, 1.807) is 33.8 Å². The van der Waals surface area contributed by atoms with Gasteiger partial charge in [-0.2, -0.15) is 5.06 Å². The average molecular weight is 493 g/mol. The number of hydrogen-bond acceptors (Lipinski definition) is 10. The van der Waals surface area contributed by atoms with Gasteiger partial charge in [0.05, 0.1) is 66.1 Å². The highest BCUT2D eigenvalue weighted by atomic mass is 16.7. The summed E-state index contributed by atoms with van der Waals surface area (Å²) in [7, 11) is 3.45. The molecular weight excluding hydrogens is 448 g/mol. The van der Waals surface area contributed by atoms with Gasteiger partial charge >= 0.3 is 12.1 Å². The van der Waals surface area contributed by atoms with Crippen LogP contribution < -0.4 is 0 Å². The molecule has 0 saturated heterocycles. The second-order valence-electron chi connectivity index (χ2n) is 8.18. The van der Waals surface area contributed by atoms with Crippen molar-refractivity contribution in [3.63, 3.8) is 0 Å². The van der Waals surface area contributed by atoms with E-state index in [4.69, 9.17) is 33.3 Å². The fraction of sp³-hybridized carbons (Fsp3) is 0.826. The minimum absolute atomic E-state index is 0.235. The number of hydroxylamine groups is 2. The Morgan fingerprint density at radius 2 is 1.29 bits per heavy atom. The highest BCUT2D eigenvalue weighted by Crippen LogP contribution is 2.09. The molecule has 0 aliphatic rings. The van der Waals surface area contributed by atoms with Gasteiger partial charge < -0.3 is 33.3 Å². The lowest BCUT2D eigenvalue weighted by Gasteiger charge is -2.23. The topological polar surface area (TPSA) is 105 Å². The van der Waals surface area contributed by atoms with E-state index >= 15 is 0 Å². The highest BCUT2D eigenvalue weighted by molar-refractivity contribution is 5.81. The third-order valence-electron chi connectivity index (χ3n) is 3.85. The first kappa shape index (κ1) is 32.2. The van der Waals surface area contributed by atoms with Gasteiger partial charge in [0, 0.05) is 26.2 Å². The number of carbonyl (C=O) groups is 2. The molecule has 0 aromatic carbocycles. The standard InChI is InChI=1S/C23H44N2O9/c1-7-32-21(26)9-8-10-24(5)11-12-28-13-14-29-15-16-30-17-18-31-19-20-33-25(6)22(27)34-23(2,3)4/h8-9H,7,10-20H2,1-6H3/b9-8+. The molecule has 0 aliphatic heterocycles. The third-order valence-corrected chi connectivity index (χ3v) is 3.85. The summed E-state index contributed by atoms with van der Waals surface area (Å²) in [5, 5.41) is 1.05. The molecule has 0 radical (unpaired) electrons. The van der Waals surface area contributed by atoms with Crippen LogP contribution in [0, 0.1) is 0 Å². The summed E-state index contributed by atoms with van der Waals surface area (Å²) in [5.74, 6) is -0.324. The molecule has 0 spiro atoms. The molecule has 0 aromatic rings. The Labute approximate surface area is 204 Å². The van der Waals surface area contributed by atoms with Crippen molar-refractivity contribution < 1.29 is 42.8 Å². The molecule has 0 fully saturated rings. The van der Waals surface area contributed by atoms with E-state index in [2.05, 4.69) is 0 Å². The van der Waals surface area contributed by atoms with Gasteiger partial charge in [-0.25, -0.2) is 9.59 Å². The summed E-state index contributed by atoms with van der Waals surface area (Å²) in [4.78, 5) is 30.2. The normalized spacial score (nSPS) is 11.9. The Morgan fingerprint density at radius 1 is 0.794 bits per heavy atom. The van der Waals surface area contributed by atoms with Crippen LogP contribution in [0.4, 0.5) is 4.79 Å². The van der Waals surface area contributed by atoms with Crippen molar-refractivity contribution in [3.05, 3.63) is 12.2 Å². The first-order valence-electron chi connectivity index (χ1n) is 11.6. The zero-order valence-electron chi connectivity index (χ0n) is 21.7. The zero-order chi connectivity index (χ0) is 25.7. The minimum atomic E-state index is -0.567. The van der Waals surface area contributed by atoms with Gasteiger partial charge in [-0.3, -0.25) is 4.84 Å². The molecule has 0 N–H and O–H groups in total. The second-order valence-corrected chi connectivity index (χ2v) is 8.18. The van der Waals surface area contributed by atoms with E-state index in [1.165, 1.54) is 13.1 Å². The lowest BCUT2D eigenvalue weighted by Crippen LogP contribution is -2.35. The summed E-state index contributed by atoms with van der Waals surface area (Å²) < 4.78 is 31.8. The lowest BCUT2D eigenvalue weighted by atomic mass is 10.2. The number of hydrogen-bond donors (Lipinski definition) is 0. The van der Waals surface area contributed by atoms with Gasteiger partial charge in [-0.05, 0) is 34.7 Å². The second kappa shape index (κ2) is 20.6. The fourth-order valence-corrected chi connectivity index (χ4v) is 2.20. The van der Waals surface area contributed by atoms with E-state index in [0.717, 1.165) is 11.6 Å². The van der Waals surface area contributed by atoms with Crippen LogP contribution in [0.5, 0.6) is 0 Å². The van der Waals surface area contributed by atoms with Crippen molar-refractivity contribution in [1.29, 1.82) is 0 Å². The number of ether oxygens (including phenoxy) is 6. The molecule has 0 heterocycles. The molecule has 200 valence electrons. The van der Waals surface area contributed by atoms with Gasteiger partial charge in [0.2, 0.25) is 0 Å². The number of nitrogens with zero attached hydrogens (tertiary/aromatic N) is 2. The smallest absolute Gasteiger partial charge is 0.434 e. The Kier molecular flexibility index (Phi) is 19.5. The molecule has 34 heavy (non-hydrogen) atoms. The Bertz CT molecular complexity index is 553. The molecule has 11 heteroatoms.